The van der Waals surface area contributed by atoms with Crippen molar-refractivity contribution in [3.8, 4) is 11.4 Å². The number of pyridine rings is 1. The second-order valence-corrected chi connectivity index (χ2v) is 8.50. The maximum absolute atomic E-state index is 13.3. The third-order valence-corrected chi connectivity index (χ3v) is 6.09. The molecular formula is C20H16ClFN4O2S. The van der Waals surface area contributed by atoms with Crippen molar-refractivity contribution in [1.82, 2.24) is 19.3 Å². The topological polar surface area (TPSA) is 76.9 Å². The Balaban J connectivity index is 1.61. The lowest BCUT2D eigenvalue weighted by molar-refractivity contribution is 0.574. The molecule has 4 rings (SSSR count). The van der Waals surface area contributed by atoms with Gasteiger partial charge in [0.1, 0.15) is 17.2 Å². The van der Waals surface area contributed by atoms with Crippen molar-refractivity contribution in [2.24, 2.45) is 0 Å². The van der Waals surface area contributed by atoms with Crippen LogP contribution >= 0.6 is 11.6 Å². The van der Waals surface area contributed by atoms with Crippen LogP contribution in [-0.2, 0) is 16.6 Å². The predicted molar refractivity (Wildman–Crippen MR) is 110 cm³/mol. The lowest BCUT2D eigenvalue weighted by Crippen LogP contribution is -2.27. The molecule has 0 saturated heterocycles. The van der Waals surface area contributed by atoms with E-state index in [1.165, 1.54) is 36.4 Å². The van der Waals surface area contributed by atoms with Gasteiger partial charge in [-0.2, -0.15) is 0 Å². The van der Waals surface area contributed by atoms with E-state index in [4.69, 9.17) is 11.6 Å². The number of aromatic nitrogens is 3. The summed E-state index contributed by atoms with van der Waals surface area (Å²) >= 11 is 5.82. The van der Waals surface area contributed by atoms with Crippen LogP contribution in [0.2, 0.25) is 5.02 Å². The van der Waals surface area contributed by atoms with Crippen molar-refractivity contribution >= 4 is 32.8 Å². The van der Waals surface area contributed by atoms with E-state index in [9.17, 15) is 12.8 Å². The minimum absolute atomic E-state index is 0.126. The van der Waals surface area contributed by atoms with Crippen LogP contribution in [0.25, 0.3) is 22.6 Å². The Morgan fingerprint density at radius 1 is 1.03 bits per heavy atom. The number of fused-ring (bicyclic) bond motifs is 1. The van der Waals surface area contributed by atoms with Crippen LogP contribution < -0.4 is 4.72 Å². The molecule has 1 N–H and O–H groups in total. The number of halogens is 2. The predicted octanol–water partition coefficient (Wildman–Crippen LogP) is 3.87. The van der Waals surface area contributed by atoms with Crippen molar-refractivity contribution in [2.75, 3.05) is 6.54 Å². The van der Waals surface area contributed by atoms with E-state index in [0.29, 0.717) is 34.1 Å². The van der Waals surface area contributed by atoms with Gasteiger partial charge in [-0.25, -0.2) is 27.5 Å². The van der Waals surface area contributed by atoms with E-state index in [1.807, 2.05) is 10.6 Å². The Kier molecular flexibility index (Phi) is 5.31. The fourth-order valence-corrected chi connectivity index (χ4v) is 4.13. The molecule has 0 fully saturated rings. The molecule has 0 atom stereocenters. The Bertz CT molecular complexity index is 1260. The highest BCUT2D eigenvalue weighted by Crippen LogP contribution is 2.24. The summed E-state index contributed by atoms with van der Waals surface area (Å²) in [5.41, 5.74) is 2.01. The second-order valence-electron chi connectivity index (χ2n) is 6.29. The molecule has 2 aromatic heterocycles. The number of hydrogen-bond acceptors (Lipinski definition) is 4. The zero-order valence-electron chi connectivity index (χ0n) is 15.1. The summed E-state index contributed by atoms with van der Waals surface area (Å²) in [5, 5.41) is 0.462. The summed E-state index contributed by atoms with van der Waals surface area (Å²) in [6.45, 7) is 0.425. The molecule has 0 aliphatic carbocycles. The van der Waals surface area contributed by atoms with Crippen LogP contribution in [0.4, 0.5) is 4.39 Å². The monoisotopic (exact) mass is 430 g/mol. The van der Waals surface area contributed by atoms with Crippen molar-refractivity contribution in [2.45, 2.75) is 11.4 Å². The fourth-order valence-electron chi connectivity index (χ4n) is 2.98. The molecule has 29 heavy (non-hydrogen) atoms. The normalized spacial score (nSPS) is 11.8. The highest BCUT2D eigenvalue weighted by atomic mass is 35.5. The molecule has 0 bridgehead atoms. The van der Waals surface area contributed by atoms with E-state index >= 15 is 0 Å². The van der Waals surface area contributed by atoms with Crippen LogP contribution in [0.3, 0.4) is 0 Å². The Hall–Kier alpha value is -2.81. The van der Waals surface area contributed by atoms with Gasteiger partial charge in [0.2, 0.25) is 10.0 Å². The number of imidazole rings is 1. The third-order valence-electron chi connectivity index (χ3n) is 4.36. The summed E-state index contributed by atoms with van der Waals surface area (Å²) in [6, 6.07) is 15.5. The molecule has 0 unspecified atom stereocenters. The molecule has 0 spiro atoms. The number of hydrogen-bond donors (Lipinski definition) is 1. The van der Waals surface area contributed by atoms with E-state index in [-0.39, 0.29) is 17.3 Å². The number of nitrogens with zero attached hydrogens (tertiary/aromatic N) is 3. The largest absolute Gasteiger partial charge is 0.307 e. The van der Waals surface area contributed by atoms with Crippen molar-refractivity contribution < 1.29 is 12.8 Å². The van der Waals surface area contributed by atoms with Gasteiger partial charge in [0.25, 0.3) is 0 Å². The van der Waals surface area contributed by atoms with Gasteiger partial charge < -0.3 is 4.57 Å². The third kappa shape index (κ3) is 4.14. The molecule has 0 aliphatic rings. The highest BCUT2D eigenvalue weighted by Gasteiger charge is 2.16. The molecule has 0 saturated carbocycles. The van der Waals surface area contributed by atoms with E-state index in [0.717, 1.165) is 0 Å². The van der Waals surface area contributed by atoms with Gasteiger partial charge in [0.15, 0.2) is 5.65 Å². The molecule has 148 valence electrons. The van der Waals surface area contributed by atoms with Gasteiger partial charge in [0, 0.05) is 29.9 Å². The van der Waals surface area contributed by atoms with Gasteiger partial charge in [0.05, 0.1) is 4.90 Å². The van der Waals surface area contributed by atoms with E-state index in [2.05, 4.69) is 14.7 Å². The molecule has 0 amide bonds. The maximum atomic E-state index is 13.3. The van der Waals surface area contributed by atoms with Crippen molar-refractivity contribution in [1.29, 1.82) is 0 Å². The molecule has 0 radical (unpaired) electrons. The Morgan fingerprint density at radius 3 is 2.48 bits per heavy atom. The smallest absolute Gasteiger partial charge is 0.240 e. The Morgan fingerprint density at radius 2 is 1.76 bits per heavy atom. The van der Waals surface area contributed by atoms with Crippen LogP contribution in [0.1, 0.15) is 0 Å². The van der Waals surface area contributed by atoms with Crippen LogP contribution in [-0.4, -0.2) is 29.5 Å². The summed E-state index contributed by atoms with van der Waals surface area (Å²) < 4.78 is 42.7. The first-order valence-electron chi connectivity index (χ1n) is 8.76. The van der Waals surface area contributed by atoms with Gasteiger partial charge >= 0.3 is 0 Å². The number of sulfonamides is 1. The lowest BCUT2D eigenvalue weighted by atomic mass is 10.2. The average molecular weight is 431 g/mol. The first-order valence-corrected chi connectivity index (χ1v) is 10.6. The van der Waals surface area contributed by atoms with Crippen molar-refractivity contribution in [3.05, 3.63) is 77.7 Å². The SMILES string of the molecule is O=S(=O)(NCCn1c(-c2ccc(F)cc2)nc2cccnc21)c1ccc(Cl)cc1. The maximum Gasteiger partial charge on any atom is 0.240 e. The second kappa shape index (κ2) is 7.90. The average Bonchev–Trinajstić information content (AvgIpc) is 3.07. The molecular weight excluding hydrogens is 415 g/mol. The fraction of sp³-hybridized carbons (Fsp3) is 0.100. The summed E-state index contributed by atoms with van der Waals surface area (Å²) in [7, 11) is -3.68. The summed E-state index contributed by atoms with van der Waals surface area (Å²) in [6.07, 6.45) is 1.65. The lowest BCUT2D eigenvalue weighted by Gasteiger charge is -2.11. The molecule has 9 heteroatoms. The summed E-state index contributed by atoms with van der Waals surface area (Å²) in [4.78, 5) is 9.08. The van der Waals surface area contributed by atoms with Gasteiger partial charge in [-0.15, -0.1) is 0 Å². The van der Waals surface area contributed by atoms with Crippen molar-refractivity contribution in [3.63, 3.8) is 0 Å². The number of rotatable bonds is 6. The molecule has 2 aromatic carbocycles. The molecule has 2 heterocycles. The standard InChI is InChI=1S/C20H16ClFN4O2S/c21-15-5-9-17(10-6-15)29(27,28)24-12-13-26-19(14-3-7-16(22)8-4-14)25-18-2-1-11-23-20(18)26/h1-11,24H,12-13H2. The van der Waals surface area contributed by atoms with E-state index in [1.54, 1.807) is 24.4 Å². The quantitative estimate of drug-likeness (QED) is 0.503. The first kappa shape index (κ1) is 19.5. The van der Waals surface area contributed by atoms with Gasteiger partial charge in [-0.1, -0.05) is 11.6 Å². The minimum Gasteiger partial charge on any atom is -0.307 e. The minimum atomic E-state index is -3.68. The summed E-state index contributed by atoms with van der Waals surface area (Å²) in [5.74, 6) is 0.245. The zero-order valence-corrected chi connectivity index (χ0v) is 16.7. The molecule has 4 aromatic rings. The number of nitrogens with one attached hydrogen (secondary N) is 1. The molecule has 0 aliphatic heterocycles. The highest BCUT2D eigenvalue weighted by molar-refractivity contribution is 7.89. The zero-order chi connectivity index (χ0) is 20.4. The van der Waals surface area contributed by atoms with Gasteiger partial charge in [-0.05, 0) is 60.7 Å². The van der Waals surface area contributed by atoms with Gasteiger partial charge in [-0.3, -0.25) is 0 Å². The van der Waals surface area contributed by atoms with Crippen LogP contribution in [0.5, 0.6) is 0 Å². The number of benzene rings is 2. The molecule has 6 nitrogen and oxygen atoms in total. The first-order chi connectivity index (χ1) is 13.9. The van der Waals surface area contributed by atoms with Crippen LogP contribution in [0, 0.1) is 5.82 Å². The van der Waals surface area contributed by atoms with E-state index < -0.39 is 10.0 Å². The Labute approximate surface area is 172 Å². The van der Waals surface area contributed by atoms with Crippen LogP contribution in [0.15, 0.2) is 71.8 Å².